The van der Waals surface area contributed by atoms with Gasteiger partial charge >= 0.3 is 5.97 Å². The van der Waals surface area contributed by atoms with E-state index < -0.39 is 23.8 Å². The summed E-state index contributed by atoms with van der Waals surface area (Å²) in [6, 6.07) is 1.89. The van der Waals surface area contributed by atoms with Gasteiger partial charge in [-0.25, -0.2) is 14.8 Å². The molecule has 1 aliphatic heterocycles. The molecule has 1 atom stereocenters. The van der Waals surface area contributed by atoms with Crippen molar-refractivity contribution in [3.05, 3.63) is 46.8 Å². The van der Waals surface area contributed by atoms with Crippen LogP contribution >= 0.6 is 0 Å². The quantitative estimate of drug-likeness (QED) is 0.657. The maximum Gasteiger partial charge on any atom is 0.326 e. The van der Waals surface area contributed by atoms with Gasteiger partial charge in [0.1, 0.15) is 6.04 Å². The monoisotopic (exact) mass is 351 g/mol. The van der Waals surface area contributed by atoms with Crippen molar-refractivity contribution in [2.24, 2.45) is 0 Å². The molecule has 2 aliphatic rings. The van der Waals surface area contributed by atoms with Crippen molar-refractivity contribution < 1.29 is 19.5 Å². The summed E-state index contributed by atoms with van der Waals surface area (Å²) in [4.78, 5) is 46.5. The van der Waals surface area contributed by atoms with Crippen LogP contribution in [0, 0.1) is 0 Å². The molecule has 1 aromatic carbocycles. The number of amides is 2. The number of carbonyl (C=O) groups is 3. The van der Waals surface area contributed by atoms with Crippen molar-refractivity contribution in [2.75, 3.05) is 0 Å². The standard InChI is InChI=1S/C19H17N3O4/c1-10(19(25)26)22-17(23)11-8-15-16(9-12(11)18(22)24)21-14-7-5-3-2-4-6-13(14)20-15/h2-3,8-10H,4-7H2,1H3,(H,25,26)/b3-2+. The highest BCUT2D eigenvalue weighted by atomic mass is 16.4. The number of imide groups is 1. The zero-order valence-electron chi connectivity index (χ0n) is 14.2. The first kappa shape index (κ1) is 16.4. The molecule has 2 aromatic rings. The Morgan fingerprint density at radius 3 is 1.88 bits per heavy atom. The Morgan fingerprint density at radius 2 is 1.46 bits per heavy atom. The number of hydrogen-bond acceptors (Lipinski definition) is 5. The van der Waals surface area contributed by atoms with E-state index in [1.807, 2.05) is 0 Å². The van der Waals surface area contributed by atoms with Crippen LogP contribution in [0.2, 0.25) is 0 Å². The van der Waals surface area contributed by atoms with Crippen molar-refractivity contribution in [3.63, 3.8) is 0 Å². The molecular formula is C19H17N3O4. The van der Waals surface area contributed by atoms with Crippen LogP contribution in [-0.4, -0.2) is 43.8 Å². The molecule has 26 heavy (non-hydrogen) atoms. The summed E-state index contributed by atoms with van der Waals surface area (Å²) in [7, 11) is 0. The highest BCUT2D eigenvalue weighted by Gasteiger charge is 2.41. The third-order valence-electron chi connectivity index (χ3n) is 4.86. The zero-order valence-corrected chi connectivity index (χ0v) is 14.2. The third kappa shape index (κ3) is 2.47. The van der Waals surface area contributed by atoms with Gasteiger partial charge in [0.25, 0.3) is 11.8 Å². The van der Waals surface area contributed by atoms with Crippen LogP contribution < -0.4 is 0 Å². The van der Waals surface area contributed by atoms with Gasteiger partial charge in [-0.3, -0.25) is 14.5 Å². The molecule has 132 valence electrons. The fourth-order valence-corrected chi connectivity index (χ4v) is 3.42. The minimum atomic E-state index is -1.23. The molecule has 1 unspecified atom stereocenters. The number of nitrogens with zero attached hydrogens (tertiary/aromatic N) is 3. The minimum absolute atomic E-state index is 0.190. The van der Waals surface area contributed by atoms with Crippen molar-refractivity contribution >= 4 is 28.8 Å². The average molecular weight is 351 g/mol. The molecule has 0 saturated carbocycles. The molecule has 7 nitrogen and oxygen atoms in total. The number of benzene rings is 1. The Kier molecular flexibility index (Phi) is 3.79. The predicted molar refractivity (Wildman–Crippen MR) is 92.9 cm³/mol. The summed E-state index contributed by atoms with van der Waals surface area (Å²) in [5.74, 6) is -2.42. The van der Waals surface area contributed by atoms with Crippen molar-refractivity contribution in [3.8, 4) is 0 Å². The first-order valence-corrected chi connectivity index (χ1v) is 8.56. The number of aryl methyl sites for hydroxylation is 2. The Hall–Kier alpha value is -3.09. The minimum Gasteiger partial charge on any atom is -0.480 e. The van der Waals surface area contributed by atoms with Gasteiger partial charge in [-0.05, 0) is 44.7 Å². The second-order valence-electron chi connectivity index (χ2n) is 6.55. The summed E-state index contributed by atoms with van der Waals surface area (Å²) in [6.45, 7) is 1.32. The first-order valence-electron chi connectivity index (χ1n) is 8.56. The van der Waals surface area contributed by atoms with Gasteiger partial charge < -0.3 is 5.11 Å². The third-order valence-corrected chi connectivity index (χ3v) is 4.86. The van der Waals surface area contributed by atoms with E-state index in [0.29, 0.717) is 11.0 Å². The molecule has 0 saturated heterocycles. The predicted octanol–water partition coefficient (Wildman–Crippen LogP) is 2.13. The number of aliphatic carboxylic acids is 1. The Bertz CT molecular complexity index is 927. The molecule has 4 rings (SSSR count). The molecule has 0 fully saturated rings. The first-order chi connectivity index (χ1) is 12.5. The molecule has 2 amide bonds. The summed E-state index contributed by atoms with van der Waals surface area (Å²) < 4.78 is 0. The number of aromatic nitrogens is 2. The van der Waals surface area contributed by atoms with Crippen LogP contribution in [0.25, 0.3) is 11.0 Å². The van der Waals surface area contributed by atoms with Gasteiger partial charge in [0.2, 0.25) is 0 Å². The van der Waals surface area contributed by atoms with Gasteiger partial charge in [0, 0.05) is 0 Å². The van der Waals surface area contributed by atoms with Crippen molar-refractivity contribution in [1.82, 2.24) is 14.9 Å². The second-order valence-corrected chi connectivity index (χ2v) is 6.55. The maximum atomic E-state index is 12.6. The van der Waals surface area contributed by atoms with Gasteiger partial charge in [-0.15, -0.1) is 0 Å². The van der Waals surface area contributed by atoms with E-state index in [1.54, 1.807) is 12.1 Å². The van der Waals surface area contributed by atoms with Gasteiger partial charge in [0.05, 0.1) is 33.5 Å². The van der Waals surface area contributed by atoms with Gasteiger partial charge in [0.15, 0.2) is 0 Å². The lowest BCUT2D eigenvalue weighted by atomic mass is 10.0. The van der Waals surface area contributed by atoms with Gasteiger partial charge in [-0.1, -0.05) is 12.2 Å². The maximum absolute atomic E-state index is 12.6. The van der Waals surface area contributed by atoms with E-state index in [0.717, 1.165) is 42.0 Å². The lowest BCUT2D eigenvalue weighted by molar-refractivity contribution is -0.140. The fourth-order valence-electron chi connectivity index (χ4n) is 3.42. The molecule has 0 radical (unpaired) electrons. The Labute approximate surface area is 149 Å². The van der Waals surface area contributed by atoms with Crippen molar-refractivity contribution in [2.45, 2.75) is 38.6 Å². The summed E-state index contributed by atoms with van der Waals surface area (Å²) in [5.41, 5.74) is 3.31. The largest absolute Gasteiger partial charge is 0.480 e. The van der Waals surface area contributed by atoms with Gasteiger partial charge in [-0.2, -0.15) is 0 Å². The molecule has 1 N–H and O–H groups in total. The molecule has 1 aromatic heterocycles. The van der Waals surface area contributed by atoms with E-state index in [1.165, 1.54) is 6.92 Å². The van der Waals surface area contributed by atoms with E-state index in [2.05, 4.69) is 22.1 Å². The second kappa shape index (κ2) is 6.01. The highest BCUT2D eigenvalue weighted by Crippen LogP contribution is 2.29. The topological polar surface area (TPSA) is 100 Å². The number of fused-ring (bicyclic) bond motifs is 3. The van der Waals surface area contributed by atoms with Crippen LogP contribution in [0.4, 0.5) is 0 Å². The van der Waals surface area contributed by atoms with Crippen LogP contribution in [0.15, 0.2) is 24.3 Å². The molecule has 2 heterocycles. The van der Waals surface area contributed by atoms with Crippen molar-refractivity contribution in [1.29, 1.82) is 0 Å². The molecule has 0 bridgehead atoms. The number of allylic oxidation sites excluding steroid dienone is 2. The number of carboxylic acids is 1. The molecule has 0 spiro atoms. The fraction of sp³-hybridized carbons (Fsp3) is 0.316. The Balaban J connectivity index is 1.83. The summed E-state index contributed by atoms with van der Waals surface area (Å²) in [6.07, 6.45) is 7.59. The van der Waals surface area contributed by atoms with Crippen LogP contribution in [0.1, 0.15) is 51.9 Å². The summed E-state index contributed by atoms with van der Waals surface area (Å²) in [5, 5.41) is 9.17. The SMILES string of the molecule is CC(C(=O)O)N1C(=O)c2cc3nc4c(nc3cc2C1=O)CC/C=C/CC4. The Morgan fingerprint density at radius 1 is 1.00 bits per heavy atom. The zero-order chi connectivity index (χ0) is 18.4. The van der Waals surface area contributed by atoms with E-state index in [4.69, 9.17) is 5.11 Å². The lowest BCUT2D eigenvalue weighted by Gasteiger charge is -2.17. The number of hydrogen-bond donors (Lipinski definition) is 1. The molecule has 1 aliphatic carbocycles. The normalized spacial score (nSPS) is 18.9. The molecular weight excluding hydrogens is 334 g/mol. The van der Waals surface area contributed by atoms with Crippen LogP contribution in [-0.2, 0) is 17.6 Å². The van der Waals surface area contributed by atoms with Crippen LogP contribution in [0.3, 0.4) is 0 Å². The van der Waals surface area contributed by atoms with E-state index in [9.17, 15) is 14.4 Å². The average Bonchev–Trinajstić information content (AvgIpc) is 2.83. The number of carbonyl (C=O) groups excluding carboxylic acids is 2. The number of carboxylic acid groups (broad SMARTS) is 1. The van der Waals surface area contributed by atoms with Crippen LogP contribution in [0.5, 0.6) is 0 Å². The smallest absolute Gasteiger partial charge is 0.326 e. The summed E-state index contributed by atoms with van der Waals surface area (Å²) >= 11 is 0. The highest BCUT2D eigenvalue weighted by molar-refractivity contribution is 6.24. The van der Waals surface area contributed by atoms with E-state index >= 15 is 0 Å². The number of rotatable bonds is 2. The molecule has 7 heteroatoms. The lowest BCUT2D eigenvalue weighted by Crippen LogP contribution is -2.42. The van der Waals surface area contributed by atoms with E-state index in [-0.39, 0.29) is 11.1 Å².